The maximum Gasteiger partial charge on any atom is 0.295 e. The molecule has 29 heavy (non-hydrogen) atoms. The van der Waals surface area contributed by atoms with Crippen LogP contribution in [0.15, 0.2) is 77.3 Å². The lowest BCUT2D eigenvalue weighted by atomic mass is 10.2. The van der Waals surface area contributed by atoms with Crippen LogP contribution in [-0.2, 0) is 0 Å². The van der Waals surface area contributed by atoms with Gasteiger partial charge in [0.1, 0.15) is 5.82 Å². The second kappa shape index (κ2) is 8.14. The van der Waals surface area contributed by atoms with Gasteiger partial charge in [-0.15, -0.1) is 5.10 Å². The molecule has 4 aromatic rings. The van der Waals surface area contributed by atoms with Crippen molar-refractivity contribution in [3.05, 3.63) is 93.9 Å². The lowest BCUT2D eigenvalue weighted by molar-refractivity contribution is 0.101. The molecule has 5 nitrogen and oxygen atoms in total. The van der Waals surface area contributed by atoms with Crippen molar-refractivity contribution in [1.82, 2.24) is 14.8 Å². The van der Waals surface area contributed by atoms with Crippen LogP contribution < -0.4 is 5.32 Å². The standard InChI is InChI=1S/C21H13BrClFN4O/c22-14-3-9-17(10-4-14)25-21(29)19-26-20(13-1-7-16(24)8-2-13)28(27-19)18-11-5-15(23)6-12-18/h1-12H,(H,25,29). The highest BCUT2D eigenvalue weighted by atomic mass is 79.9. The first kappa shape index (κ1) is 19.3. The quantitative estimate of drug-likeness (QED) is 0.413. The van der Waals surface area contributed by atoms with Crippen molar-refractivity contribution in [2.45, 2.75) is 0 Å². The summed E-state index contributed by atoms with van der Waals surface area (Å²) in [4.78, 5) is 17.1. The molecule has 0 aliphatic rings. The highest BCUT2D eigenvalue weighted by Gasteiger charge is 2.19. The zero-order valence-electron chi connectivity index (χ0n) is 14.8. The average Bonchev–Trinajstić information content (AvgIpc) is 3.16. The van der Waals surface area contributed by atoms with E-state index in [2.05, 4.69) is 31.3 Å². The van der Waals surface area contributed by atoms with Crippen LogP contribution in [0, 0.1) is 5.82 Å². The number of amides is 1. The maximum absolute atomic E-state index is 13.3. The third-order valence-electron chi connectivity index (χ3n) is 4.09. The predicted octanol–water partition coefficient (Wildman–Crippen LogP) is 5.74. The van der Waals surface area contributed by atoms with E-state index in [1.165, 1.54) is 16.8 Å². The summed E-state index contributed by atoms with van der Waals surface area (Å²) < 4.78 is 15.8. The average molecular weight is 472 g/mol. The van der Waals surface area contributed by atoms with Crippen LogP contribution in [0.3, 0.4) is 0 Å². The van der Waals surface area contributed by atoms with Crippen LogP contribution in [0.5, 0.6) is 0 Å². The normalized spacial score (nSPS) is 10.7. The molecule has 0 fully saturated rings. The van der Waals surface area contributed by atoms with Gasteiger partial charge in [0, 0.05) is 20.7 Å². The summed E-state index contributed by atoms with van der Waals surface area (Å²) >= 11 is 9.33. The van der Waals surface area contributed by atoms with E-state index >= 15 is 0 Å². The third-order valence-corrected chi connectivity index (χ3v) is 4.87. The number of aromatic nitrogens is 3. The first-order valence-electron chi connectivity index (χ1n) is 8.55. The molecule has 0 spiro atoms. The molecule has 4 rings (SSSR count). The monoisotopic (exact) mass is 470 g/mol. The second-order valence-corrected chi connectivity index (χ2v) is 7.47. The van der Waals surface area contributed by atoms with Crippen molar-refractivity contribution in [2.24, 2.45) is 0 Å². The fourth-order valence-electron chi connectivity index (χ4n) is 2.68. The molecule has 8 heteroatoms. The Balaban J connectivity index is 1.74. The summed E-state index contributed by atoms with van der Waals surface area (Å²) in [5, 5.41) is 7.71. The number of carbonyl (C=O) groups excluding carboxylic acids is 1. The van der Waals surface area contributed by atoms with Gasteiger partial charge in [-0.25, -0.2) is 14.1 Å². The van der Waals surface area contributed by atoms with Gasteiger partial charge in [0.05, 0.1) is 5.69 Å². The minimum atomic E-state index is -0.455. The fourth-order valence-corrected chi connectivity index (χ4v) is 3.07. The lowest BCUT2D eigenvalue weighted by Gasteiger charge is -2.06. The molecule has 3 aromatic carbocycles. The van der Waals surface area contributed by atoms with E-state index in [1.54, 1.807) is 48.5 Å². The Morgan fingerprint density at radius 1 is 0.966 bits per heavy atom. The van der Waals surface area contributed by atoms with E-state index in [4.69, 9.17) is 11.6 Å². The Labute approximate surface area is 179 Å². The number of halogens is 3. The van der Waals surface area contributed by atoms with Gasteiger partial charge < -0.3 is 5.32 Å². The summed E-state index contributed by atoms with van der Waals surface area (Å²) in [5.74, 6) is -0.418. The molecule has 0 atom stereocenters. The number of anilines is 1. The summed E-state index contributed by atoms with van der Waals surface area (Å²) in [6.07, 6.45) is 0. The summed E-state index contributed by atoms with van der Waals surface area (Å²) in [5.41, 5.74) is 1.91. The Bertz CT molecular complexity index is 1100. The van der Waals surface area contributed by atoms with Crippen molar-refractivity contribution < 1.29 is 9.18 Å². The number of rotatable bonds is 4. The number of hydrogen-bond acceptors (Lipinski definition) is 3. The smallest absolute Gasteiger partial charge is 0.295 e. The van der Waals surface area contributed by atoms with E-state index in [9.17, 15) is 9.18 Å². The molecule has 0 unspecified atom stereocenters. The molecule has 1 N–H and O–H groups in total. The summed E-state index contributed by atoms with van der Waals surface area (Å²) in [7, 11) is 0. The predicted molar refractivity (Wildman–Crippen MR) is 114 cm³/mol. The Morgan fingerprint density at radius 3 is 2.28 bits per heavy atom. The molecule has 1 aromatic heterocycles. The van der Waals surface area contributed by atoms with Gasteiger partial charge in [-0.1, -0.05) is 27.5 Å². The highest BCUT2D eigenvalue weighted by Crippen LogP contribution is 2.23. The number of nitrogens with zero attached hydrogens (tertiary/aromatic N) is 3. The van der Waals surface area contributed by atoms with E-state index in [1.807, 2.05) is 12.1 Å². The Kier molecular flexibility index (Phi) is 5.42. The first-order valence-corrected chi connectivity index (χ1v) is 9.72. The van der Waals surface area contributed by atoms with Crippen LogP contribution in [0.4, 0.5) is 10.1 Å². The number of nitrogens with one attached hydrogen (secondary N) is 1. The second-order valence-electron chi connectivity index (χ2n) is 6.12. The maximum atomic E-state index is 13.3. The number of carbonyl (C=O) groups is 1. The van der Waals surface area contributed by atoms with Gasteiger partial charge >= 0.3 is 0 Å². The van der Waals surface area contributed by atoms with Crippen LogP contribution >= 0.6 is 27.5 Å². The van der Waals surface area contributed by atoms with Crippen LogP contribution in [0.1, 0.15) is 10.6 Å². The van der Waals surface area contributed by atoms with Gasteiger partial charge in [-0.2, -0.15) is 0 Å². The van der Waals surface area contributed by atoms with Crippen LogP contribution in [0.2, 0.25) is 5.02 Å². The SMILES string of the molecule is O=C(Nc1ccc(Br)cc1)c1nc(-c2ccc(F)cc2)n(-c2ccc(Cl)cc2)n1. The molecule has 0 aliphatic heterocycles. The van der Waals surface area contributed by atoms with Crippen molar-refractivity contribution in [2.75, 3.05) is 5.32 Å². The summed E-state index contributed by atoms with van der Waals surface area (Å²) in [6, 6.07) is 20.0. The zero-order valence-corrected chi connectivity index (χ0v) is 17.2. The molecule has 0 saturated carbocycles. The molecule has 0 bridgehead atoms. The van der Waals surface area contributed by atoms with Crippen molar-refractivity contribution in [1.29, 1.82) is 0 Å². The van der Waals surface area contributed by atoms with Crippen molar-refractivity contribution in [3.8, 4) is 17.1 Å². The number of hydrogen-bond donors (Lipinski definition) is 1. The van der Waals surface area contributed by atoms with Gasteiger partial charge in [-0.3, -0.25) is 4.79 Å². The highest BCUT2D eigenvalue weighted by molar-refractivity contribution is 9.10. The van der Waals surface area contributed by atoms with Crippen molar-refractivity contribution >= 4 is 39.1 Å². The van der Waals surface area contributed by atoms with Crippen LogP contribution in [0.25, 0.3) is 17.1 Å². The lowest BCUT2D eigenvalue weighted by Crippen LogP contribution is -2.14. The van der Waals surface area contributed by atoms with E-state index in [0.717, 1.165) is 4.47 Å². The van der Waals surface area contributed by atoms with Gasteiger partial charge in [0.25, 0.3) is 5.91 Å². The third kappa shape index (κ3) is 4.36. The first-order chi connectivity index (χ1) is 14.0. The van der Waals surface area contributed by atoms with Gasteiger partial charge in [0.2, 0.25) is 5.82 Å². The molecule has 0 saturated heterocycles. The van der Waals surface area contributed by atoms with Gasteiger partial charge in [-0.05, 0) is 72.8 Å². The number of benzene rings is 3. The molecular weight excluding hydrogens is 459 g/mol. The molecule has 1 amide bonds. The molecular formula is C21H13BrClFN4O. The minimum absolute atomic E-state index is 0.0119. The van der Waals surface area contributed by atoms with Gasteiger partial charge in [0.15, 0.2) is 5.82 Å². The minimum Gasteiger partial charge on any atom is -0.319 e. The fraction of sp³-hybridized carbons (Fsp3) is 0. The van der Waals surface area contributed by atoms with E-state index < -0.39 is 5.91 Å². The zero-order chi connectivity index (χ0) is 20.4. The Morgan fingerprint density at radius 2 is 1.62 bits per heavy atom. The summed E-state index contributed by atoms with van der Waals surface area (Å²) in [6.45, 7) is 0. The molecule has 0 radical (unpaired) electrons. The molecule has 0 aliphatic carbocycles. The van der Waals surface area contributed by atoms with Crippen LogP contribution in [-0.4, -0.2) is 20.7 Å². The van der Waals surface area contributed by atoms with Crippen molar-refractivity contribution in [3.63, 3.8) is 0 Å². The topological polar surface area (TPSA) is 59.8 Å². The van der Waals surface area contributed by atoms with E-state index in [-0.39, 0.29) is 11.6 Å². The largest absolute Gasteiger partial charge is 0.319 e. The van der Waals surface area contributed by atoms with E-state index in [0.29, 0.717) is 27.8 Å². The Hall–Kier alpha value is -3.03. The molecule has 144 valence electrons. The molecule has 1 heterocycles.